The van der Waals surface area contributed by atoms with Gasteiger partial charge in [-0.25, -0.2) is 98.6 Å². The molecule has 1 saturated heterocycles. The van der Waals surface area contributed by atoms with Crippen molar-refractivity contribution >= 4 is 17.9 Å². The van der Waals surface area contributed by atoms with Gasteiger partial charge in [-0.15, -0.1) is 0 Å². The average Bonchev–Trinajstić information content (AvgIpc) is 4.23. The van der Waals surface area contributed by atoms with Gasteiger partial charge in [0.05, 0.1) is 112 Å². The second kappa shape index (κ2) is 31.7. The molecule has 0 unspecified atom stereocenters. The highest BCUT2D eigenvalue weighted by Crippen LogP contribution is 1.95. The lowest BCUT2D eigenvalue weighted by molar-refractivity contribution is -0.140. The van der Waals surface area contributed by atoms with Crippen LogP contribution in [0.3, 0.4) is 0 Å². The molecular weight excluding hydrogens is 970 g/mol. The molecule has 1 aliphatic rings. The second-order valence-corrected chi connectivity index (χ2v) is 14.6. The number of aliphatic hydroxyl groups excluding tert-OH is 6. The zero-order valence-electron chi connectivity index (χ0n) is 40.0. The van der Waals surface area contributed by atoms with Crippen LogP contribution < -0.4 is 51.2 Å². The molecule has 31 heteroatoms. The van der Waals surface area contributed by atoms with Gasteiger partial charge in [0, 0.05) is 16.7 Å². The van der Waals surface area contributed by atoms with E-state index < -0.39 is 109 Å². The summed E-state index contributed by atoms with van der Waals surface area (Å²) in [4.78, 5) is 144. The summed E-state index contributed by atoms with van der Waals surface area (Å²) in [7, 11) is 0. The van der Waals surface area contributed by atoms with Crippen LogP contribution in [0, 0.1) is 0 Å². The molecule has 6 N–H and O–H groups in total. The summed E-state index contributed by atoms with van der Waals surface area (Å²) in [5.41, 5.74) is -7.90. The van der Waals surface area contributed by atoms with E-state index in [4.69, 9.17) is 44.8 Å². The largest absolute Gasteiger partial charge is 0.460 e. The lowest BCUT2D eigenvalue weighted by Crippen LogP contribution is -2.55. The minimum atomic E-state index is -0.988. The van der Waals surface area contributed by atoms with E-state index in [0.29, 0.717) is 41.1 Å². The van der Waals surface area contributed by atoms with E-state index in [0.717, 1.165) is 13.2 Å². The summed E-state index contributed by atoms with van der Waals surface area (Å²) < 4.78 is 25.4. The molecule has 0 radical (unpaired) electrons. The van der Waals surface area contributed by atoms with Crippen LogP contribution in [0.25, 0.3) is 0 Å². The molecule has 4 rings (SSSR count). The maximum absolute atomic E-state index is 12.8. The van der Waals surface area contributed by atoms with E-state index in [2.05, 4.69) is 24.5 Å². The van der Waals surface area contributed by atoms with Gasteiger partial charge in [-0.2, -0.15) is 0 Å². The van der Waals surface area contributed by atoms with Crippen molar-refractivity contribution in [3.05, 3.63) is 131 Å². The van der Waals surface area contributed by atoms with E-state index in [1.807, 2.05) is 0 Å². The fourth-order valence-electron chi connectivity index (χ4n) is 5.43. The lowest BCUT2D eigenvalue weighted by Gasteiger charge is -2.14. The van der Waals surface area contributed by atoms with E-state index in [-0.39, 0.29) is 95.4 Å². The number of esters is 3. The molecule has 0 amide bonds. The second-order valence-electron chi connectivity index (χ2n) is 14.6. The van der Waals surface area contributed by atoms with Crippen molar-refractivity contribution in [2.24, 2.45) is 0 Å². The number of hydrogen-bond donors (Lipinski definition) is 6. The molecule has 1 aliphatic heterocycles. The number of aromatic nitrogens is 9. The SMILES string of the molecule is C1CO1.C=C(C)C(=O)OCCn1c(=O)n(CCOC(=O)C(=C)C)c(=O)n(CCOC(=O)C(=C)C)c1=O.O=c1n(CCO)c(=O)n(CCO)c(=O)n1CCO.O=c1n(CCO)c(=O)n(CCO)c(=O)n1CCO. The van der Waals surface area contributed by atoms with Crippen molar-refractivity contribution in [2.45, 2.75) is 79.7 Å². The number of aliphatic hydroxyl groups is 6. The molecule has 402 valence electrons. The van der Waals surface area contributed by atoms with Crippen LogP contribution in [0.2, 0.25) is 0 Å². The van der Waals surface area contributed by atoms with Gasteiger partial charge < -0.3 is 49.6 Å². The van der Waals surface area contributed by atoms with Crippen LogP contribution in [0.5, 0.6) is 0 Å². The van der Waals surface area contributed by atoms with Gasteiger partial charge in [0.15, 0.2) is 0 Å². The maximum Gasteiger partial charge on any atom is 0.336 e. The van der Waals surface area contributed by atoms with Crippen molar-refractivity contribution in [3.63, 3.8) is 0 Å². The first-order valence-corrected chi connectivity index (χ1v) is 21.6. The Morgan fingerprint density at radius 1 is 0.361 bits per heavy atom. The van der Waals surface area contributed by atoms with Crippen molar-refractivity contribution in [2.75, 3.05) is 72.7 Å². The standard InChI is InChI=1S/C21H27N3O9.2C9H15N3O6.C2H4O/c1-13(2)16(25)31-10-7-22-19(28)23(8-11-32-17(26)14(3)4)21(30)24(20(22)29)9-12-33-18(27)15(5)6;2*13-4-1-10-7(16)11(2-5-14)9(18)12(3-6-15)8(10)17;1-2-3-1/h1,3,5,7-12H2,2,4,6H3;2*13-15H,1-6H2;1-2H2. The van der Waals surface area contributed by atoms with E-state index in [1.165, 1.54) is 20.8 Å². The van der Waals surface area contributed by atoms with E-state index in [9.17, 15) is 57.5 Å². The van der Waals surface area contributed by atoms with Gasteiger partial charge in [0.1, 0.15) is 19.8 Å². The Balaban J connectivity index is 0.000000560. The summed E-state index contributed by atoms with van der Waals surface area (Å²) in [5.74, 6) is -2.14. The number of ether oxygens (including phenoxy) is 4. The molecule has 0 bridgehead atoms. The van der Waals surface area contributed by atoms with Crippen LogP contribution in [-0.4, -0.2) is 162 Å². The number of rotatable bonds is 24. The van der Waals surface area contributed by atoms with Gasteiger partial charge in [-0.05, 0) is 20.8 Å². The smallest absolute Gasteiger partial charge is 0.336 e. The third kappa shape index (κ3) is 18.4. The highest BCUT2D eigenvalue weighted by atomic mass is 16.6. The van der Waals surface area contributed by atoms with Gasteiger partial charge in [0.25, 0.3) is 0 Å². The molecular formula is C41H61N9O22. The summed E-state index contributed by atoms with van der Waals surface area (Å²) in [6.07, 6.45) is 0. The predicted molar refractivity (Wildman–Crippen MR) is 248 cm³/mol. The molecule has 3 aromatic heterocycles. The summed E-state index contributed by atoms with van der Waals surface area (Å²) in [5, 5.41) is 52.7. The van der Waals surface area contributed by atoms with Crippen molar-refractivity contribution in [3.8, 4) is 0 Å². The highest BCUT2D eigenvalue weighted by Gasteiger charge is 2.19. The highest BCUT2D eigenvalue weighted by molar-refractivity contribution is 5.87. The first-order valence-electron chi connectivity index (χ1n) is 21.6. The number of hydrogen-bond acceptors (Lipinski definition) is 22. The monoisotopic (exact) mass is 1030 g/mol. The van der Waals surface area contributed by atoms with Crippen LogP contribution in [0.15, 0.2) is 79.6 Å². The number of carbonyl (C=O) groups excluding carboxylic acids is 3. The average molecular weight is 1030 g/mol. The van der Waals surface area contributed by atoms with Gasteiger partial charge >= 0.3 is 69.1 Å². The van der Waals surface area contributed by atoms with Gasteiger partial charge in [-0.1, -0.05) is 19.7 Å². The van der Waals surface area contributed by atoms with Crippen LogP contribution in [0.1, 0.15) is 20.8 Å². The molecule has 4 heterocycles. The minimum Gasteiger partial charge on any atom is -0.460 e. The Morgan fingerprint density at radius 3 is 0.611 bits per heavy atom. The zero-order chi connectivity index (χ0) is 54.8. The molecule has 0 saturated carbocycles. The first kappa shape index (κ1) is 62.6. The molecule has 3 aromatic rings. The van der Waals surface area contributed by atoms with E-state index in [1.54, 1.807) is 0 Å². The van der Waals surface area contributed by atoms with Gasteiger partial charge in [-0.3, -0.25) is 0 Å². The topological polar surface area (TPSA) is 411 Å². The van der Waals surface area contributed by atoms with Crippen molar-refractivity contribution in [1.29, 1.82) is 0 Å². The summed E-state index contributed by atoms with van der Waals surface area (Å²) in [6.45, 7) is 10.3. The zero-order valence-corrected chi connectivity index (χ0v) is 40.0. The third-order valence-electron chi connectivity index (χ3n) is 8.99. The number of carbonyl (C=O) groups is 3. The van der Waals surface area contributed by atoms with Crippen LogP contribution >= 0.6 is 0 Å². The summed E-state index contributed by atoms with van der Waals surface area (Å²) in [6, 6.07) is 0. The predicted octanol–water partition coefficient (Wildman–Crippen LogP) is -8.16. The maximum atomic E-state index is 12.8. The lowest BCUT2D eigenvalue weighted by atomic mass is 10.4. The molecule has 31 nitrogen and oxygen atoms in total. The van der Waals surface area contributed by atoms with E-state index >= 15 is 0 Å². The molecule has 0 atom stereocenters. The minimum absolute atomic E-state index is 0.128. The Labute approximate surface area is 405 Å². The number of epoxide rings is 1. The normalized spacial score (nSPS) is 11.1. The molecule has 0 aliphatic carbocycles. The Bertz CT molecular complexity index is 2440. The van der Waals surface area contributed by atoms with Crippen LogP contribution in [0.4, 0.5) is 0 Å². The summed E-state index contributed by atoms with van der Waals surface area (Å²) >= 11 is 0. The Kier molecular flexibility index (Phi) is 27.6. The molecule has 72 heavy (non-hydrogen) atoms. The molecule has 0 aromatic carbocycles. The fourth-order valence-corrected chi connectivity index (χ4v) is 5.43. The molecule has 1 fully saturated rings. The molecule has 0 spiro atoms. The number of nitrogens with zero attached hydrogens (tertiary/aromatic N) is 9. The van der Waals surface area contributed by atoms with Crippen LogP contribution in [-0.2, 0) is 92.2 Å². The third-order valence-corrected chi connectivity index (χ3v) is 8.99. The van der Waals surface area contributed by atoms with Crippen molar-refractivity contribution in [1.82, 2.24) is 41.1 Å². The van der Waals surface area contributed by atoms with Crippen molar-refractivity contribution < 1.29 is 64.0 Å². The quantitative estimate of drug-likeness (QED) is 0.0210. The first-order chi connectivity index (χ1) is 34.0. The Morgan fingerprint density at radius 2 is 0.500 bits per heavy atom. The fraction of sp³-hybridized carbons (Fsp3) is 0.561. The van der Waals surface area contributed by atoms with Gasteiger partial charge in [0.2, 0.25) is 0 Å². The Hall–Kier alpha value is -7.42.